The Bertz CT molecular complexity index is 622. The van der Waals surface area contributed by atoms with Gasteiger partial charge in [-0.15, -0.1) is 0 Å². The fourth-order valence-corrected chi connectivity index (χ4v) is 2.44. The van der Waals surface area contributed by atoms with E-state index < -0.39 is 16.4 Å². The normalized spacial score (nSPS) is 11.9. The van der Waals surface area contributed by atoms with Crippen molar-refractivity contribution < 1.29 is 14.1 Å². The molecule has 0 fully saturated rings. The van der Waals surface area contributed by atoms with Crippen LogP contribution in [0, 0.1) is 15.9 Å². The first-order valence-electron chi connectivity index (χ1n) is 6.29. The van der Waals surface area contributed by atoms with Crippen LogP contribution in [0.25, 0.3) is 0 Å². The lowest BCUT2D eigenvalue weighted by atomic mass is 10.0. The van der Waals surface area contributed by atoms with E-state index in [-0.39, 0.29) is 11.7 Å². The SMILES string of the molecule is O=[N+]([O-])c1ccc(OCC(CBr)c2ccccc2)cc1F. The van der Waals surface area contributed by atoms with Crippen LogP contribution in [0.4, 0.5) is 10.1 Å². The second-order valence-corrected chi connectivity index (χ2v) is 5.09. The molecule has 0 spiro atoms. The molecule has 0 radical (unpaired) electrons. The zero-order valence-electron chi connectivity index (χ0n) is 11.0. The quantitative estimate of drug-likeness (QED) is 0.442. The average Bonchev–Trinajstić information content (AvgIpc) is 2.48. The molecule has 2 aromatic carbocycles. The summed E-state index contributed by atoms with van der Waals surface area (Å²) in [5.74, 6) is -0.503. The number of hydrogen-bond acceptors (Lipinski definition) is 3. The lowest BCUT2D eigenvalue weighted by Crippen LogP contribution is -2.11. The molecule has 0 amide bonds. The molecular formula is C15H13BrFNO3. The van der Waals surface area contributed by atoms with Crippen molar-refractivity contribution in [3.8, 4) is 5.75 Å². The van der Waals surface area contributed by atoms with Crippen LogP contribution in [0.5, 0.6) is 5.75 Å². The van der Waals surface area contributed by atoms with Gasteiger partial charge in [-0.1, -0.05) is 46.3 Å². The van der Waals surface area contributed by atoms with Gasteiger partial charge in [-0.2, -0.15) is 4.39 Å². The highest BCUT2D eigenvalue weighted by Crippen LogP contribution is 2.24. The standard InChI is InChI=1S/C15H13BrFNO3/c16-9-12(11-4-2-1-3-5-11)10-21-13-6-7-15(18(19)20)14(17)8-13/h1-8,12H,9-10H2. The predicted octanol–water partition coefficient (Wildman–Crippen LogP) is 4.29. The van der Waals surface area contributed by atoms with Gasteiger partial charge in [0.05, 0.1) is 11.5 Å². The third-order valence-electron chi connectivity index (χ3n) is 3.02. The van der Waals surface area contributed by atoms with Crippen LogP contribution in [-0.4, -0.2) is 16.9 Å². The van der Waals surface area contributed by atoms with E-state index in [0.29, 0.717) is 11.9 Å². The molecule has 2 rings (SSSR count). The number of halogens is 2. The number of ether oxygens (including phenoxy) is 1. The van der Waals surface area contributed by atoms with E-state index in [0.717, 1.165) is 17.7 Å². The maximum atomic E-state index is 13.5. The first kappa shape index (κ1) is 15.4. The molecule has 6 heteroatoms. The van der Waals surface area contributed by atoms with E-state index in [4.69, 9.17) is 4.74 Å². The number of nitro groups is 1. The van der Waals surface area contributed by atoms with Crippen molar-refractivity contribution in [3.63, 3.8) is 0 Å². The van der Waals surface area contributed by atoms with Crippen LogP contribution in [-0.2, 0) is 0 Å². The molecular weight excluding hydrogens is 341 g/mol. The smallest absolute Gasteiger partial charge is 0.305 e. The van der Waals surface area contributed by atoms with Gasteiger partial charge in [0.2, 0.25) is 5.82 Å². The molecule has 0 aliphatic rings. The van der Waals surface area contributed by atoms with Crippen molar-refractivity contribution in [1.82, 2.24) is 0 Å². The van der Waals surface area contributed by atoms with Crippen LogP contribution in [0.15, 0.2) is 48.5 Å². The molecule has 21 heavy (non-hydrogen) atoms. The number of rotatable bonds is 6. The second-order valence-electron chi connectivity index (χ2n) is 4.44. The minimum Gasteiger partial charge on any atom is -0.493 e. The van der Waals surface area contributed by atoms with Crippen molar-refractivity contribution in [1.29, 1.82) is 0 Å². The van der Waals surface area contributed by atoms with Gasteiger partial charge in [-0.25, -0.2) is 0 Å². The molecule has 4 nitrogen and oxygen atoms in total. The fraction of sp³-hybridized carbons (Fsp3) is 0.200. The van der Waals surface area contributed by atoms with Crippen LogP contribution < -0.4 is 4.74 Å². The van der Waals surface area contributed by atoms with Gasteiger partial charge in [0, 0.05) is 23.4 Å². The summed E-state index contributed by atoms with van der Waals surface area (Å²) < 4.78 is 19.0. The van der Waals surface area contributed by atoms with Gasteiger partial charge >= 0.3 is 5.69 Å². The van der Waals surface area contributed by atoms with Gasteiger partial charge in [0.1, 0.15) is 5.75 Å². The monoisotopic (exact) mass is 353 g/mol. The van der Waals surface area contributed by atoms with Crippen molar-refractivity contribution in [2.45, 2.75) is 5.92 Å². The van der Waals surface area contributed by atoms with E-state index in [1.807, 2.05) is 30.3 Å². The first-order chi connectivity index (χ1) is 10.1. The van der Waals surface area contributed by atoms with Crippen molar-refractivity contribution in [3.05, 3.63) is 70.0 Å². The molecule has 1 unspecified atom stereocenters. The Labute approximate surface area is 129 Å². The number of nitrogens with zero attached hydrogens (tertiary/aromatic N) is 1. The first-order valence-corrected chi connectivity index (χ1v) is 7.41. The molecule has 1 atom stereocenters. The summed E-state index contributed by atoms with van der Waals surface area (Å²) in [7, 11) is 0. The highest BCUT2D eigenvalue weighted by Gasteiger charge is 2.15. The Hall–Kier alpha value is -1.95. The van der Waals surface area contributed by atoms with Crippen LogP contribution in [0.3, 0.4) is 0 Å². The molecule has 2 aromatic rings. The van der Waals surface area contributed by atoms with E-state index in [2.05, 4.69) is 15.9 Å². The highest BCUT2D eigenvalue weighted by molar-refractivity contribution is 9.09. The Kier molecular flexibility index (Phi) is 5.27. The summed E-state index contributed by atoms with van der Waals surface area (Å²) in [6, 6.07) is 13.3. The Balaban J connectivity index is 2.05. The zero-order chi connectivity index (χ0) is 15.2. The molecule has 0 aromatic heterocycles. The number of hydrogen-bond donors (Lipinski definition) is 0. The maximum absolute atomic E-state index is 13.5. The predicted molar refractivity (Wildman–Crippen MR) is 81.5 cm³/mol. The van der Waals surface area contributed by atoms with Gasteiger partial charge in [-0.05, 0) is 11.6 Å². The molecule has 110 valence electrons. The molecule has 0 aliphatic heterocycles. The Morgan fingerprint density at radius 3 is 2.52 bits per heavy atom. The molecule has 0 saturated heterocycles. The summed E-state index contributed by atoms with van der Waals surface area (Å²) >= 11 is 3.43. The van der Waals surface area contributed by atoms with E-state index >= 15 is 0 Å². The molecule has 0 N–H and O–H groups in total. The van der Waals surface area contributed by atoms with Crippen LogP contribution >= 0.6 is 15.9 Å². The van der Waals surface area contributed by atoms with Gasteiger partial charge < -0.3 is 4.74 Å². The largest absolute Gasteiger partial charge is 0.493 e. The summed E-state index contributed by atoms with van der Waals surface area (Å²) in [6.07, 6.45) is 0. The number of alkyl halides is 1. The van der Waals surface area contributed by atoms with Gasteiger partial charge in [0.15, 0.2) is 0 Å². The lowest BCUT2D eigenvalue weighted by molar-refractivity contribution is -0.387. The van der Waals surface area contributed by atoms with Gasteiger partial charge in [-0.3, -0.25) is 10.1 Å². The second kappa shape index (κ2) is 7.17. The van der Waals surface area contributed by atoms with Crippen molar-refractivity contribution in [2.24, 2.45) is 0 Å². The topological polar surface area (TPSA) is 52.4 Å². The summed E-state index contributed by atoms with van der Waals surface area (Å²) in [5, 5.41) is 11.2. The molecule has 0 bridgehead atoms. The third kappa shape index (κ3) is 4.01. The minimum absolute atomic E-state index is 0.115. The molecule has 0 aliphatic carbocycles. The zero-order valence-corrected chi connectivity index (χ0v) is 12.6. The van der Waals surface area contributed by atoms with E-state index in [1.165, 1.54) is 6.07 Å². The maximum Gasteiger partial charge on any atom is 0.305 e. The van der Waals surface area contributed by atoms with E-state index in [1.54, 1.807) is 0 Å². The van der Waals surface area contributed by atoms with Crippen LogP contribution in [0.1, 0.15) is 11.5 Å². The summed E-state index contributed by atoms with van der Waals surface area (Å²) in [6.45, 7) is 0.354. The number of benzene rings is 2. The lowest BCUT2D eigenvalue weighted by Gasteiger charge is -2.15. The fourth-order valence-electron chi connectivity index (χ4n) is 1.88. The summed E-state index contributed by atoms with van der Waals surface area (Å²) in [4.78, 5) is 9.79. The highest BCUT2D eigenvalue weighted by atomic mass is 79.9. The Morgan fingerprint density at radius 2 is 1.95 bits per heavy atom. The Morgan fingerprint density at radius 1 is 1.24 bits per heavy atom. The third-order valence-corrected chi connectivity index (χ3v) is 3.81. The summed E-state index contributed by atoms with van der Waals surface area (Å²) in [5.41, 5.74) is 0.555. The van der Waals surface area contributed by atoms with Crippen molar-refractivity contribution >= 4 is 21.6 Å². The van der Waals surface area contributed by atoms with Crippen LogP contribution in [0.2, 0.25) is 0 Å². The number of nitro benzene ring substituents is 1. The van der Waals surface area contributed by atoms with E-state index in [9.17, 15) is 14.5 Å². The molecule has 0 saturated carbocycles. The minimum atomic E-state index is -0.896. The van der Waals surface area contributed by atoms with Gasteiger partial charge in [0.25, 0.3) is 0 Å². The van der Waals surface area contributed by atoms with Crippen molar-refractivity contribution in [2.75, 3.05) is 11.9 Å². The molecule has 0 heterocycles. The average molecular weight is 354 g/mol.